The zero-order valence-electron chi connectivity index (χ0n) is 10.6. The van der Waals surface area contributed by atoms with Crippen molar-refractivity contribution in [3.05, 3.63) is 33.9 Å². The molecule has 0 unspecified atom stereocenters. The Hall–Kier alpha value is -1.74. The molecule has 1 atom stereocenters. The van der Waals surface area contributed by atoms with Crippen LogP contribution in [0.2, 0.25) is 0 Å². The quantitative estimate of drug-likeness (QED) is 0.618. The molecule has 0 aliphatic rings. The Balaban J connectivity index is 2.99. The Kier molecular flexibility index (Phi) is 5.83. The molecule has 1 rings (SSSR count). The van der Waals surface area contributed by atoms with E-state index in [9.17, 15) is 23.7 Å². The highest BCUT2D eigenvalue weighted by Crippen LogP contribution is 2.29. The molecule has 0 aliphatic carbocycles. The third kappa shape index (κ3) is 3.87. The molecule has 0 saturated heterocycles. The Bertz CT molecular complexity index is 528. The first-order chi connectivity index (χ1) is 9.38. The van der Waals surface area contributed by atoms with Gasteiger partial charge in [0.2, 0.25) is 5.91 Å². The van der Waals surface area contributed by atoms with Crippen LogP contribution in [0.1, 0.15) is 6.42 Å². The van der Waals surface area contributed by atoms with Crippen LogP contribution in [0.3, 0.4) is 0 Å². The Morgan fingerprint density at radius 1 is 1.55 bits per heavy atom. The van der Waals surface area contributed by atoms with Gasteiger partial charge in [0.15, 0.2) is 17.3 Å². The van der Waals surface area contributed by atoms with Crippen molar-refractivity contribution in [3.8, 4) is 0 Å². The molecule has 0 heterocycles. The normalized spacial score (nSPS) is 12.0. The molecule has 1 aromatic rings. The van der Waals surface area contributed by atoms with Gasteiger partial charge in [-0.1, -0.05) is 0 Å². The zero-order valence-corrected chi connectivity index (χ0v) is 11.4. The van der Waals surface area contributed by atoms with Crippen molar-refractivity contribution >= 4 is 29.0 Å². The van der Waals surface area contributed by atoms with Crippen molar-refractivity contribution in [1.82, 2.24) is 0 Å². The number of nitro benzene ring substituents is 1. The van der Waals surface area contributed by atoms with E-state index in [1.165, 1.54) is 11.8 Å². The van der Waals surface area contributed by atoms with Gasteiger partial charge in [0, 0.05) is 6.07 Å². The number of amides is 1. The molecule has 1 amide bonds. The monoisotopic (exact) mass is 305 g/mol. The van der Waals surface area contributed by atoms with Gasteiger partial charge in [-0.05, 0) is 24.5 Å². The fraction of sp³-hybridized carbons (Fsp3) is 0.364. The van der Waals surface area contributed by atoms with Crippen LogP contribution in [0.5, 0.6) is 0 Å². The van der Waals surface area contributed by atoms with E-state index < -0.39 is 39.9 Å². The number of nitrogens with two attached hydrogens (primary N) is 1. The van der Waals surface area contributed by atoms with Gasteiger partial charge in [-0.3, -0.25) is 14.9 Å². The van der Waals surface area contributed by atoms with Gasteiger partial charge in [-0.25, -0.2) is 8.78 Å². The maximum Gasteiger partial charge on any atom is 0.296 e. The fourth-order valence-electron chi connectivity index (χ4n) is 1.40. The van der Waals surface area contributed by atoms with Crippen molar-refractivity contribution in [3.63, 3.8) is 0 Å². The molecular weight excluding hydrogens is 292 g/mol. The molecule has 9 heteroatoms. The van der Waals surface area contributed by atoms with Gasteiger partial charge in [-0.15, -0.1) is 0 Å². The lowest BCUT2D eigenvalue weighted by atomic mass is 10.2. The van der Waals surface area contributed by atoms with Gasteiger partial charge in [-0.2, -0.15) is 11.8 Å². The van der Waals surface area contributed by atoms with Crippen LogP contribution in [0.4, 0.5) is 20.2 Å². The van der Waals surface area contributed by atoms with E-state index in [4.69, 9.17) is 5.73 Å². The van der Waals surface area contributed by atoms with E-state index in [1.54, 1.807) is 0 Å². The van der Waals surface area contributed by atoms with Gasteiger partial charge in [0.05, 0.1) is 11.0 Å². The fourth-order valence-corrected chi connectivity index (χ4v) is 1.89. The van der Waals surface area contributed by atoms with E-state index in [-0.39, 0.29) is 0 Å². The van der Waals surface area contributed by atoms with Crippen LogP contribution in [0, 0.1) is 21.7 Å². The minimum Gasteiger partial charge on any atom is -0.320 e. The Morgan fingerprint density at radius 3 is 2.75 bits per heavy atom. The second-order valence-electron chi connectivity index (χ2n) is 3.89. The summed E-state index contributed by atoms with van der Waals surface area (Å²) in [4.78, 5) is 21.5. The number of nitro groups is 1. The highest BCUT2D eigenvalue weighted by atomic mass is 32.2. The molecule has 0 aliphatic heterocycles. The molecule has 3 N–H and O–H groups in total. The van der Waals surface area contributed by atoms with Crippen LogP contribution in [0.15, 0.2) is 12.1 Å². The first-order valence-electron chi connectivity index (χ1n) is 5.56. The molecule has 0 radical (unpaired) electrons. The zero-order chi connectivity index (χ0) is 15.3. The topological polar surface area (TPSA) is 98.3 Å². The van der Waals surface area contributed by atoms with Crippen molar-refractivity contribution in [1.29, 1.82) is 0 Å². The second-order valence-corrected chi connectivity index (χ2v) is 4.88. The number of anilines is 1. The van der Waals surface area contributed by atoms with E-state index in [0.717, 1.165) is 6.07 Å². The molecule has 0 bridgehead atoms. The predicted octanol–water partition coefficient (Wildman–Crippen LogP) is 1.89. The number of thioether (sulfide) groups is 1. The summed E-state index contributed by atoms with van der Waals surface area (Å²) in [6.07, 6.45) is 2.14. The SMILES string of the molecule is CSCC[C@@H](N)C(=O)Nc1c([N+](=O)[O-])ccc(F)c1F. The minimum atomic E-state index is -1.48. The lowest BCUT2D eigenvalue weighted by molar-refractivity contribution is -0.384. The number of carbonyl (C=O) groups is 1. The molecular formula is C11H13F2N3O3S. The number of rotatable bonds is 6. The summed E-state index contributed by atoms with van der Waals surface area (Å²) < 4.78 is 26.7. The number of hydrogen-bond donors (Lipinski definition) is 2. The predicted molar refractivity (Wildman–Crippen MR) is 72.6 cm³/mol. The number of nitrogens with one attached hydrogen (secondary N) is 1. The third-order valence-corrected chi connectivity index (χ3v) is 3.13. The highest BCUT2D eigenvalue weighted by molar-refractivity contribution is 7.98. The molecule has 0 fully saturated rings. The van der Waals surface area contributed by atoms with Crippen molar-refractivity contribution < 1.29 is 18.5 Å². The van der Waals surface area contributed by atoms with Gasteiger partial charge in [0.1, 0.15) is 0 Å². The Labute approximate surface area is 117 Å². The van der Waals surface area contributed by atoms with Crippen molar-refractivity contribution in [2.45, 2.75) is 12.5 Å². The number of hydrogen-bond acceptors (Lipinski definition) is 5. The minimum absolute atomic E-state index is 0.317. The number of benzene rings is 1. The van der Waals surface area contributed by atoms with Crippen LogP contribution < -0.4 is 11.1 Å². The number of nitrogens with zero attached hydrogens (tertiary/aromatic N) is 1. The summed E-state index contributed by atoms with van der Waals surface area (Å²) in [5.74, 6) is -2.97. The lowest BCUT2D eigenvalue weighted by Gasteiger charge is -2.12. The average molecular weight is 305 g/mol. The summed E-state index contributed by atoms with van der Waals surface area (Å²) in [6, 6.07) is 0.447. The largest absolute Gasteiger partial charge is 0.320 e. The van der Waals surface area contributed by atoms with E-state index in [0.29, 0.717) is 18.2 Å². The van der Waals surface area contributed by atoms with Crippen molar-refractivity contribution in [2.75, 3.05) is 17.3 Å². The Morgan fingerprint density at radius 2 is 2.20 bits per heavy atom. The first kappa shape index (κ1) is 16.3. The highest BCUT2D eigenvalue weighted by Gasteiger charge is 2.25. The van der Waals surface area contributed by atoms with E-state index >= 15 is 0 Å². The average Bonchev–Trinajstić information content (AvgIpc) is 2.40. The van der Waals surface area contributed by atoms with Crippen molar-refractivity contribution in [2.24, 2.45) is 5.73 Å². The van der Waals surface area contributed by atoms with E-state index in [1.807, 2.05) is 11.6 Å². The summed E-state index contributed by atoms with van der Waals surface area (Å²) in [7, 11) is 0. The summed E-state index contributed by atoms with van der Waals surface area (Å²) in [5, 5.41) is 12.7. The molecule has 0 aromatic heterocycles. The van der Waals surface area contributed by atoms with E-state index in [2.05, 4.69) is 0 Å². The summed E-state index contributed by atoms with van der Waals surface area (Å²) in [6.45, 7) is 0. The molecule has 0 spiro atoms. The molecule has 110 valence electrons. The third-order valence-electron chi connectivity index (χ3n) is 2.49. The summed E-state index contributed by atoms with van der Waals surface area (Å²) in [5.41, 5.74) is 4.02. The van der Waals surface area contributed by atoms with Crippen LogP contribution in [-0.4, -0.2) is 28.9 Å². The number of carbonyl (C=O) groups excluding carboxylic acids is 1. The first-order valence-corrected chi connectivity index (χ1v) is 6.95. The van der Waals surface area contributed by atoms with Crippen LogP contribution in [-0.2, 0) is 4.79 Å². The molecule has 0 saturated carbocycles. The molecule has 1 aromatic carbocycles. The summed E-state index contributed by atoms with van der Waals surface area (Å²) >= 11 is 1.47. The maximum atomic E-state index is 13.6. The standard InChI is InChI=1S/C11H13F2N3O3S/c1-20-5-4-7(14)11(17)15-10-8(16(18)19)3-2-6(12)9(10)13/h2-3,7H,4-5,14H2,1H3,(H,15,17)/t7-/m1/s1. The maximum absolute atomic E-state index is 13.6. The van der Waals surface area contributed by atoms with Gasteiger partial charge in [0.25, 0.3) is 5.69 Å². The van der Waals surface area contributed by atoms with Gasteiger partial charge < -0.3 is 11.1 Å². The number of halogens is 2. The molecule has 20 heavy (non-hydrogen) atoms. The molecule has 6 nitrogen and oxygen atoms in total. The smallest absolute Gasteiger partial charge is 0.296 e. The van der Waals surface area contributed by atoms with Gasteiger partial charge >= 0.3 is 0 Å². The van der Waals surface area contributed by atoms with Crippen LogP contribution >= 0.6 is 11.8 Å². The lowest BCUT2D eigenvalue weighted by Crippen LogP contribution is -2.36. The van der Waals surface area contributed by atoms with Crippen LogP contribution in [0.25, 0.3) is 0 Å². The second kappa shape index (κ2) is 7.15.